The lowest BCUT2D eigenvalue weighted by molar-refractivity contribution is 0.0727. The van der Waals surface area contributed by atoms with Crippen LogP contribution in [0.2, 0.25) is 0 Å². The molecule has 1 fully saturated rings. The largest absolute Gasteiger partial charge is 0.387 e. The average molecular weight is 326 g/mol. The molecule has 1 aromatic rings. The lowest BCUT2D eigenvalue weighted by Gasteiger charge is -2.35. The molecule has 2 rings (SSSR count). The van der Waals surface area contributed by atoms with Crippen molar-refractivity contribution in [3.05, 3.63) is 35.9 Å². The molecule has 1 atom stereocenters. The molecule has 0 radical (unpaired) electrons. The van der Waals surface area contributed by atoms with Crippen molar-refractivity contribution >= 4 is 9.84 Å². The van der Waals surface area contributed by atoms with Gasteiger partial charge in [0.15, 0.2) is 0 Å². The topological polar surface area (TPSA) is 60.9 Å². The molecule has 0 amide bonds. The molecule has 124 valence electrons. The lowest BCUT2D eigenvalue weighted by atomic mass is 10.1. The molecule has 1 aromatic carbocycles. The zero-order valence-corrected chi connectivity index (χ0v) is 14.0. The zero-order valence-electron chi connectivity index (χ0n) is 13.2. The molecule has 0 spiro atoms. The third-order valence-electron chi connectivity index (χ3n) is 4.07. The first-order valence-electron chi connectivity index (χ1n) is 7.79. The van der Waals surface area contributed by atoms with Gasteiger partial charge in [-0.15, -0.1) is 0 Å². The summed E-state index contributed by atoms with van der Waals surface area (Å²) >= 11 is 0. The fourth-order valence-electron chi connectivity index (χ4n) is 2.77. The predicted molar refractivity (Wildman–Crippen MR) is 88.6 cm³/mol. The summed E-state index contributed by atoms with van der Waals surface area (Å²) in [6.07, 6.45) is 1.54. The quantitative estimate of drug-likeness (QED) is 0.802. The van der Waals surface area contributed by atoms with E-state index in [2.05, 4.69) is 9.80 Å². The Morgan fingerprint density at radius 3 is 2.27 bits per heavy atom. The summed E-state index contributed by atoms with van der Waals surface area (Å²) < 4.78 is 22.3. The molecule has 0 saturated carbocycles. The van der Waals surface area contributed by atoms with Crippen molar-refractivity contribution in [2.75, 3.05) is 51.3 Å². The van der Waals surface area contributed by atoms with E-state index in [0.717, 1.165) is 38.3 Å². The van der Waals surface area contributed by atoms with E-state index in [1.807, 2.05) is 30.3 Å². The number of hydrogen-bond acceptors (Lipinski definition) is 5. The smallest absolute Gasteiger partial charge is 0.147 e. The summed E-state index contributed by atoms with van der Waals surface area (Å²) in [5, 5.41) is 10.2. The van der Waals surface area contributed by atoms with Crippen LogP contribution in [-0.4, -0.2) is 74.6 Å². The van der Waals surface area contributed by atoms with E-state index >= 15 is 0 Å². The Labute approximate surface area is 133 Å². The Balaban J connectivity index is 1.69. The van der Waals surface area contributed by atoms with Crippen molar-refractivity contribution in [2.45, 2.75) is 12.5 Å². The summed E-state index contributed by atoms with van der Waals surface area (Å²) in [4.78, 5) is 4.57. The van der Waals surface area contributed by atoms with Crippen LogP contribution >= 0.6 is 0 Å². The fourth-order valence-corrected chi connectivity index (χ4v) is 3.42. The standard InChI is InChI=1S/C16H26N2O3S/c1-22(20,21)13-5-8-17-9-11-18(12-10-17)14-16(19)15-6-3-2-4-7-15/h2-4,6-7,16,19H,5,8-14H2,1H3/t16-/m1/s1. The van der Waals surface area contributed by atoms with E-state index in [1.165, 1.54) is 6.26 Å². The molecular weight excluding hydrogens is 300 g/mol. The van der Waals surface area contributed by atoms with E-state index < -0.39 is 15.9 Å². The van der Waals surface area contributed by atoms with Crippen LogP contribution in [0.3, 0.4) is 0 Å². The van der Waals surface area contributed by atoms with Crippen LogP contribution in [0.25, 0.3) is 0 Å². The molecule has 1 heterocycles. The number of benzene rings is 1. The Morgan fingerprint density at radius 1 is 1.09 bits per heavy atom. The first-order valence-corrected chi connectivity index (χ1v) is 9.85. The third kappa shape index (κ3) is 6.04. The van der Waals surface area contributed by atoms with Crippen LogP contribution < -0.4 is 0 Å². The molecule has 1 saturated heterocycles. The first-order chi connectivity index (χ1) is 10.4. The molecule has 0 bridgehead atoms. The molecule has 1 aliphatic rings. The Morgan fingerprint density at radius 2 is 1.68 bits per heavy atom. The summed E-state index contributed by atoms with van der Waals surface area (Å²) in [5.41, 5.74) is 0.957. The van der Waals surface area contributed by atoms with Crippen molar-refractivity contribution in [1.82, 2.24) is 9.80 Å². The van der Waals surface area contributed by atoms with E-state index in [0.29, 0.717) is 13.0 Å². The number of aliphatic hydroxyl groups is 1. The van der Waals surface area contributed by atoms with Gasteiger partial charge in [0.2, 0.25) is 0 Å². The van der Waals surface area contributed by atoms with Gasteiger partial charge in [0.05, 0.1) is 11.9 Å². The number of aliphatic hydroxyl groups excluding tert-OH is 1. The maximum Gasteiger partial charge on any atom is 0.147 e. The zero-order chi connectivity index (χ0) is 16.0. The molecular formula is C16H26N2O3S. The number of hydrogen-bond donors (Lipinski definition) is 1. The normalized spacial score (nSPS) is 19.2. The highest BCUT2D eigenvalue weighted by molar-refractivity contribution is 7.90. The van der Waals surface area contributed by atoms with Crippen LogP contribution in [0.1, 0.15) is 18.1 Å². The van der Waals surface area contributed by atoms with Gasteiger partial charge < -0.3 is 10.0 Å². The number of piperazine rings is 1. The van der Waals surface area contributed by atoms with Gasteiger partial charge in [-0.3, -0.25) is 4.90 Å². The number of nitrogens with zero attached hydrogens (tertiary/aromatic N) is 2. The van der Waals surface area contributed by atoms with Crippen molar-refractivity contribution in [2.24, 2.45) is 0 Å². The van der Waals surface area contributed by atoms with E-state index in [9.17, 15) is 13.5 Å². The number of rotatable bonds is 7. The maximum atomic E-state index is 11.1. The average Bonchev–Trinajstić information content (AvgIpc) is 2.49. The second-order valence-corrected chi connectivity index (χ2v) is 8.31. The Bertz CT molecular complexity index is 540. The van der Waals surface area contributed by atoms with Gasteiger partial charge in [-0.2, -0.15) is 0 Å². The van der Waals surface area contributed by atoms with E-state index in [4.69, 9.17) is 0 Å². The summed E-state index contributed by atoms with van der Waals surface area (Å²) in [5.74, 6) is 0.264. The van der Waals surface area contributed by atoms with Crippen LogP contribution in [0.15, 0.2) is 30.3 Å². The summed E-state index contributed by atoms with van der Waals surface area (Å²) in [7, 11) is -2.85. The highest BCUT2D eigenvalue weighted by Crippen LogP contribution is 2.15. The monoisotopic (exact) mass is 326 g/mol. The van der Waals surface area contributed by atoms with Gasteiger partial charge >= 0.3 is 0 Å². The highest BCUT2D eigenvalue weighted by Gasteiger charge is 2.19. The maximum absolute atomic E-state index is 11.1. The van der Waals surface area contributed by atoms with Crippen LogP contribution in [0.4, 0.5) is 0 Å². The minimum atomic E-state index is -2.85. The van der Waals surface area contributed by atoms with Crippen LogP contribution in [0.5, 0.6) is 0 Å². The van der Waals surface area contributed by atoms with E-state index in [1.54, 1.807) is 0 Å². The molecule has 5 nitrogen and oxygen atoms in total. The van der Waals surface area contributed by atoms with Crippen LogP contribution in [0, 0.1) is 0 Å². The number of sulfone groups is 1. The van der Waals surface area contributed by atoms with Crippen LogP contribution in [-0.2, 0) is 9.84 Å². The molecule has 6 heteroatoms. The molecule has 1 N–H and O–H groups in total. The van der Waals surface area contributed by atoms with Crippen molar-refractivity contribution in [3.63, 3.8) is 0 Å². The van der Waals surface area contributed by atoms with Gasteiger partial charge in [0.25, 0.3) is 0 Å². The minimum absolute atomic E-state index is 0.264. The Kier molecular flexibility index (Phi) is 6.37. The molecule has 0 aliphatic carbocycles. The second kappa shape index (κ2) is 8.06. The van der Waals surface area contributed by atoms with Gasteiger partial charge in [0.1, 0.15) is 9.84 Å². The van der Waals surface area contributed by atoms with E-state index in [-0.39, 0.29) is 5.75 Å². The van der Waals surface area contributed by atoms with Crippen molar-refractivity contribution in [1.29, 1.82) is 0 Å². The van der Waals surface area contributed by atoms with Gasteiger partial charge in [-0.1, -0.05) is 30.3 Å². The first kappa shape index (κ1) is 17.4. The minimum Gasteiger partial charge on any atom is -0.387 e. The third-order valence-corrected chi connectivity index (χ3v) is 5.10. The summed E-state index contributed by atoms with van der Waals surface area (Å²) in [6, 6.07) is 9.74. The second-order valence-electron chi connectivity index (χ2n) is 6.05. The summed E-state index contributed by atoms with van der Waals surface area (Å²) in [6.45, 7) is 5.20. The fraction of sp³-hybridized carbons (Fsp3) is 0.625. The SMILES string of the molecule is CS(=O)(=O)CCCN1CCN(C[C@@H](O)c2ccccc2)CC1. The molecule has 1 aliphatic heterocycles. The van der Waals surface area contributed by atoms with Crippen molar-refractivity contribution < 1.29 is 13.5 Å². The van der Waals surface area contributed by atoms with Crippen molar-refractivity contribution in [3.8, 4) is 0 Å². The molecule has 0 unspecified atom stereocenters. The molecule has 0 aromatic heterocycles. The number of β-amino-alcohol motifs (C(OH)–C–C–N with tert-alkyl or cyclic N) is 1. The predicted octanol–water partition coefficient (Wildman–Crippen LogP) is 0.772. The Hall–Kier alpha value is -0.950. The van der Waals surface area contributed by atoms with Gasteiger partial charge in [-0.25, -0.2) is 8.42 Å². The highest BCUT2D eigenvalue weighted by atomic mass is 32.2. The van der Waals surface area contributed by atoms with Gasteiger partial charge in [-0.05, 0) is 18.5 Å². The van der Waals surface area contributed by atoms with Gasteiger partial charge in [0, 0.05) is 39.0 Å². The lowest BCUT2D eigenvalue weighted by Crippen LogP contribution is -2.47. The molecule has 22 heavy (non-hydrogen) atoms.